The van der Waals surface area contributed by atoms with Crippen LogP contribution in [0.1, 0.15) is 31.9 Å². The van der Waals surface area contributed by atoms with Crippen LogP contribution in [0.2, 0.25) is 0 Å². The molecule has 0 fully saturated rings. The molecule has 31 heavy (non-hydrogen) atoms. The van der Waals surface area contributed by atoms with Gasteiger partial charge in [0.15, 0.2) is 0 Å². The molecule has 170 valence electrons. The molecule has 0 aliphatic rings. The van der Waals surface area contributed by atoms with Crippen molar-refractivity contribution in [1.29, 1.82) is 0 Å². The molecular formula is C21H29F3N6O. The zero-order valence-corrected chi connectivity index (χ0v) is 18.2. The third-order valence-corrected chi connectivity index (χ3v) is 4.22. The Kier molecular flexibility index (Phi) is 8.61. The standard InChI is InChI=1S/C21H29F3N6O/c1-14(2)12-30(4)13-16-5-7-17(8-6-16)28-20-27-11-18(21(22,23)24)19(29-20)26-10-9-25-15(3)31/h5-8,11,14H,9-10,12-13H2,1-4H3,(H,25,31)(H2,26,27,28,29). The Bertz CT molecular complexity index is 855. The lowest BCUT2D eigenvalue weighted by atomic mass is 10.1. The highest BCUT2D eigenvalue weighted by atomic mass is 19.4. The first-order valence-corrected chi connectivity index (χ1v) is 10.0. The summed E-state index contributed by atoms with van der Waals surface area (Å²) in [5, 5.41) is 8.06. The zero-order valence-electron chi connectivity index (χ0n) is 18.2. The Labute approximate surface area is 180 Å². The number of nitrogens with one attached hydrogen (secondary N) is 3. The average molecular weight is 438 g/mol. The first kappa shape index (κ1) is 24.4. The summed E-state index contributed by atoms with van der Waals surface area (Å²) in [4.78, 5) is 20.9. The highest BCUT2D eigenvalue weighted by molar-refractivity contribution is 5.72. The number of rotatable bonds is 10. The molecule has 1 heterocycles. The fraction of sp³-hybridized carbons (Fsp3) is 0.476. The fourth-order valence-electron chi connectivity index (χ4n) is 3.03. The van der Waals surface area contributed by atoms with Crippen LogP contribution >= 0.6 is 0 Å². The van der Waals surface area contributed by atoms with Crippen LogP contribution in [0.3, 0.4) is 0 Å². The molecule has 3 N–H and O–H groups in total. The van der Waals surface area contributed by atoms with Crippen molar-refractivity contribution in [2.24, 2.45) is 5.92 Å². The summed E-state index contributed by atoms with van der Waals surface area (Å²) in [5.41, 5.74) is 0.825. The summed E-state index contributed by atoms with van der Waals surface area (Å²) in [5.74, 6) is 0.00697. The quantitative estimate of drug-likeness (QED) is 0.489. The molecule has 0 unspecified atom stereocenters. The van der Waals surface area contributed by atoms with Crippen molar-refractivity contribution in [3.8, 4) is 0 Å². The predicted octanol–water partition coefficient (Wildman–Crippen LogP) is 3.87. The zero-order chi connectivity index (χ0) is 23.0. The second kappa shape index (κ2) is 10.9. The number of benzene rings is 1. The highest BCUT2D eigenvalue weighted by Crippen LogP contribution is 2.34. The van der Waals surface area contributed by atoms with E-state index in [1.807, 2.05) is 24.3 Å². The van der Waals surface area contributed by atoms with Crippen molar-refractivity contribution < 1.29 is 18.0 Å². The maximum absolute atomic E-state index is 13.3. The van der Waals surface area contributed by atoms with E-state index < -0.39 is 11.7 Å². The van der Waals surface area contributed by atoms with Gasteiger partial charge in [-0.3, -0.25) is 4.79 Å². The molecule has 0 bridgehead atoms. The first-order chi connectivity index (χ1) is 14.5. The number of hydrogen-bond acceptors (Lipinski definition) is 6. The number of nitrogens with zero attached hydrogens (tertiary/aromatic N) is 3. The molecule has 1 amide bonds. The lowest BCUT2D eigenvalue weighted by molar-refractivity contribution is -0.137. The second-order valence-electron chi connectivity index (χ2n) is 7.78. The second-order valence-corrected chi connectivity index (χ2v) is 7.78. The predicted molar refractivity (Wildman–Crippen MR) is 115 cm³/mol. The number of carbonyl (C=O) groups excluding carboxylic acids is 1. The normalized spacial score (nSPS) is 11.6. The van der Waals surface area contributed by atoms with E-state index in [1.54, 1.807) is 0 Å². The maximum atomic E-state index is 13.3. The van der Waals surface area contributed by atoms with Crippen LogP contribution in [0.25, 0.3) is 0 Å². The van der Waals surface area contributed by atoms with Gasteiger partial charge in [0.2, 0.25) is 11.9 Å². The Morgan fingerprint density at radius 3 is 2.42 bits per heavy atom. The Morgan fingerprint density at radius 1 is 1.16 bits per heavy atom. The first-order valence-electron chi connectivity index (χ1n) is 10.0. The molecule has 0 aliphatic carbocycles. The van der Waals surface area contributed by atoms with Gasteiger partial charge in [0, 0.05) is 45.0 Å². The summed E-state index contributed by atoms with van der Waals surface area (Å²) in [7, 11) is 2.06. The number of hydrogen-bond donors (Lipinski definition) is 3. The van der Waals surface area contributed by atoms with Gasteiger partial charge in [-0.1, -0.05) is 26.0 Å². The fourth-order valence-corrected chi connectivity index (χ4v) is 3.03. The lowest BCUT2D eigenvalue weighted by Gasteiger charge is -2.19. The van der Waals surface area contributed by atoms with Gasteiger partial charge in [0.1, 0.15) is 11.4 Å². The topological polar surface area (TPSA) is 82.2 Å². The molecule has 0 radical (unpaired) electrons. The van der Waals surface area contributed by atoms with E-state index >= 15 is 0 Å². The molecule has 0 spiro atoms. The van der Waals surface area contributed by atoms with Gasteiger partial charge in [-0.2, -0.15) is 18.2 Å². The van der Waals surface area contributed by atoms with Gasteiger partial charge in [0.25, 0.3) is 0 Å². The Balaban J connectivity index is 2.08. The Hall–Kier alpha value is -2.88. The van der Waals surface area contributed by atoms with E-state index in [1.165, 1.54) is 6.92 Å². The SMILES string of the molecule is CC(=O)NCCNc1nc(Nc2ccc(CN(C)CC(C)C)cc2)ncc1C(F)(F)F. The summed E-state index contributed by atoms with van der Waals surface area (Å²) in [6.45, 7) is 7.72. The van der Waals surface area contributed by atoms with Crippen LogP contribution in [-0.2, 0) is 17.5 Å². The number of halogens is 3. The number of carbonyl (C=O) groups is 1. The molecule has 0 saturated carbocycles. The smallest absolute Gasteiger partial charge is 0.368 e. The van der Waals surface area contributed by atoms with E-state index in [2.05, 4.69) is 51.7 Å². The number of anilines is 3. The van der Waals surface area contributed by atoms with Crippen LogP contribution in [0.5, 0.6) is 0 Å². The number of amides is 1. The van der Waals surface area contributed by atoms with Crippen molar-refractivity contribution in [3.05, 3.63) is 41.6 Å². The van der Waals surface area contributed by atoms with Gasteiger partial charge >= 0.3 is 6.18 Å². The largest absolute Gasteiger partial charge is 0.421 e. The lowest BCUT2D eigenvalue weighted by Crippen LogP contribution is -2.27. The molecule has 7 nitrogen and oxygen atoms in total. The van der Waals surface area contributed by atoms with Gasteiger partial charge in [-0.05, 0) is 30.7 Å². The van der Waals surface area contributed by atoms with Gasteiger partial charge in [-0.15, -0.1) is 0 Å². The van der Waals surface area contributed by atoms with Crippen molar-refractivity contribution >= 4 is 23.4 Å². The molecule has 1 aromatic carbocycles. The van der Waals surface area contributed by atoms with E-state index in [9.17, 15) is 18.0 Å². The number of alkyl halides is 3. The average Bonchev–Trinajstić information content (AvgIpc) is 2.65. The van der Waals surface area contributed by atoms with Crippen molar-refractivity contribution in [2.75, 3.05) is 37.3 Å². The minimum absolute atomic E-state index is 0.0414. The summed E-state index contributed by atoms with van der Waals surface area (Å²) >= 11 is 0. The van der Waals surface area contributed by atoms with Gasteiger partial charge in [-0.25, -0.2) is 4.98 Å². The molecule has 10 heteroatoms. The van der Waals surface area contributed by atoms with Crippen LogP contribution in [0.4, 0.5) is 30.6 Å². The van der Waals surface area contributed by atoms with Crippen molar-refractivity contribution in [3.63, 3.8) is 0 Å². The molecular weight excluding hydrogens is 409 g/mol. The maximum Gasteiger partial charge on any atom is 0.421 e. The van der Waals surface area contributed by atoms with Crippen LogP contribution in [0, 0.1) is 5.92 Å². The molecule has 1 aromatic heterocycles. The third-order valence-electron chi connectivity index (χ3n) is 4.22. The third kappa shape index (κ3) is 8.41. The number of aromatic nitrogens is 2. The molecule has 2 rings (SSSR count). The van der Waals surface area contributed by atoms with Crippen molar-refractivity contribution in [1.82, 2.24) is 20.2 Å². The van der Waals surface area contributed by atoms with E-state index in [0.29, 0.717) is 11.6 Å². The molecule has 0 saturated heterocycles. The van der Waals surface area contributed by atoms with E-state index in [-0.39, 0.29) is 30.8 Å². The van der Waals surface area contributed by atoms with Gasteiger partial charge < -0.3 is 20.9 Å². The summed E-state index contributed by atoms with van der Waals surface area (Å²) in [6, 6.07) is 7.58. The summed E-state index contributed by atoms with van der Waals surface area (Å²) < 4.78 is 39.8. The monoisotopic (exact) mass is 438 g/mol. The minimum atomic E-state index is -4.60. The van der Waals surface area contributed by atoms with Gasteiger partial charge in [0.05, 0.1) is 0 Å². The van der Waals surface area contributed by atoms with E-state index in [0.717, 1.165) is 24.8 Å². The van der Waals surface area contributed by atoms with Crippen molar-refractivity contribution in [2.45, 2.75) is 33.5 Å². The van der Waals surface area contributed by atoms with Crippen LogP contribution in [0.15, 0.2) is 30.5 Å². The molecule has 0 aliphatic heterocycles. The summed E-state index contributed by atoms with van der Waals surface area (Å²) in [6.07, 6.45) is -3.86. The van der Waals surface area contributed by atoms with Crippen LogP contribution in [-0.4, -0.2) is 47.5 Å². The Morgan fingerprint density at radius 2 is 1.84 bits per heavy atom. The molecule has 0 atom stereocenters. The highest BCUT2D eigenvalue weighted by Gasteiger charge is 2.35. The molecule has 2 aromatic rings. The van der Waals surface area contributed by atoms with E-state index in [4.69, 9.17) is 0 Å². The van der Waals surface area contributed by atoms with Crippen LogP contribution < -0.4 is 16.0 Å². The minimum Gasteiger partial charge on any atom is -0.368 e.